The highest BCUT2D eigenvalue weighted by molar-refractivity contribution is 8.00. The van der Waals surface area contributed by atoms with Gasteiger partial charge in [-0.2, -0.15) is 11.8 Å². The summed E-state index contributed by atoms with van der Waals surface area (Å²) in [5, 5.41) is 6.95. The van der Waals surface area contributed by atoms with Crippen molar-refractivity contribution >= 4 is 17.7 Å². The molecule has 1 rings (SSSR count). The third kappa shape index (κ3) is 5.21. The quantitative estimate of drug-likeness (QED) is 0.746. The second-order valence-corrected chi connectivity index (χ2v) is 6.27. The monoisotopic (exact) mass is 244 g/mol. The zero-order valence-corrected chi connectivity index (χ0v) is 11.4. The standard InChI is InChI=1S/C12H24N2OS/c1-9(2)10(3)14-12(15)8-13-7-11-5-4-6-16-11/h9-11,13H,4-8H2,1-3H3,(H,14,15). The molecular weight excluding hydrogens is 220 g/mol. The minimum atomic E-state index is 0.115. The van der Waals surface area contributed by atoms with Gasteiger partial charge in [-0.3, -0.25) is 4.79 Å². The molecule has 1 aliphatic heterocycles. The summed E-state index contributed by atoms with van der Waals surface area (Å²) in [6, 6.07) is 0.259. The Hall–Kier alpha value is -0.220. The molecule has 0 saturated carbocycles. The fourth-order valence-corrected chi connectivity index (χ4v) is 2.86. The van der Waals surface area contributed by atoms with Crippen LogP contribution in [0.15, 0.2) is 0 Å². The van der Waals surface area contributed by atoms with E-state index in [2.05, 4.69) is 31.4 Å². The Morgan fingerprint density at radius 3 is 2.75 bits per heavy atom. The van der Waals surface area contributed by atoms with Crippen LogP contribution in [0.1, 0.15) is 33.6 Å². The van der Waals surface area contributed by atoms with E-state index in [0.29, 0.717) is 12.5 Å². The van der Waals surface area contributed by atoms with Crippen molar-refractivity contribution in [3.05, 3.63) is 0 Å². The fourth-order valence-electron chi connectivity index (χ4n) is 1.62. The van der Waals surface area contributed by atoms with Crippen LogP contribution in [0.2, 0.25) is 0 Å². The number of carbonyl (C=O) groups is 1. The molecule has 0 aromatic rings. The topological polar surface area (TPSA) is 41.1 Å². The van der Waals surface area contributed by atoms with Crippen LogP contribution in [0.4, 0.5) is 0 Å². The summed E-state index contributed by atoms with van der Waals surface area (Å²) in [6.45, 7) is 7.71. The van der Waals surface area contributed by atoms with Gasteiger partial charge in [-0.1, -0.05) is 13.8 Å². The number of hydrogen-bond donors (Lipinski definition) is 2. The lowest BCUT2D eigenvalue weighted by Gasteiger charge is -2.18. The van der Waals surface area contributed by atoms with Gasteiger partial charge in [0.05, 0.1) is 6.54 Å². The molecule has 94 valence electrons. The summed E-state index contributed by atoms with van der Waals surface area (Å²) in [6.07, 6.45) is 2.62. The molecule has 4 heteroatoms. The van der Waals surface area contributed by atoms with Gasteiger partial charge in [0.1, 0.15) is 0 Å². The highest BCUT2D eigenvalue weighted by Crippen LogP contribution is 2.24. The van der Waals surface area contributed by atoms with E-state index in [1.807, 2.05) is 11.8 Å². The molecule has 2 unspecified atom stereocenters. The first kappa shape index (κ1) is 13.8. The average molecular weight is 244 g/mol. The number of thioether (sulfide) groups is 1. The van der Waals surface area contributed by atoms with Gasteiger partial charge in [0.2, 0.25) is 5.91 Å². The minimum Gasteiger partial charge on any atom is -0.352 e. The molecule has 2 atom stereocenters. The molecule has 1 aliphatic rings. The predicted octanol–water partition coefficient (Wildman–Crippen LogP) is 1.63. The smallest absolute Gasteiger partial charge is 0.234 e. The largest absolute Gasteiger partial charge is 0.352 e. The van der Waals surface area contributed by atoms with Crippen LogP contribution in [0.5, 0.6) is 0 Å². The third-order valence-corrected chi connectivity index (χ3v) is 4.47. The van der Waals surface area contributed by atoms with Crippen molar-refractivity contribution < 1.29 is 4.79 Å². The van der Waals surface area contributed by atoms with Crippen molar-refractivity contribution in [1.29, 1.82) is 0 Å². The molecule has 3 nitrogen and oxygen atoms in total. The van der Waals surface area contributed by atoms with E-state index in [4.69, 9.17) is 0 Å². The maximum atomic E-state index is 11.6. The van der Waals surface area contributed by atoms with Crippen molar-refractivity contribution in [1.82, 2.24) is 10.6 Å². The predicted molar refractivity (Wildman–Crippen MR) is 70.8 cm³/mol. The SMILES string of the molecule is CC(C)C(C)NC(=O)CNCC1CCCS1. The second-order valence-electron chi connectivity index (χ2n) is 4.87. The van der Waals surface area contributed by atoms with Crippen LogP contribution < -0.4 is 10.6 Å². The first-order valence-electron chi connectivity index (χ1n) is 6.21. The van der Waals surface area contributed by atoms with Crippen molar-refractivity contribution in [2.45, 2.75) is 44.9 Å². The van der Waals surface area contributed by atoms with Gasteiger partial charge in [0, 0.05) is 17.8 Å². The van der Waals surface area contributed by atoms with Gasteiger partial charge in [-0.25, -0.2) is 0 Å². The van der Waals surface area contributed by atoms with Crippen LogP contribution in [0.3, 0.4) is 0 Å². The van der Waals surface area contributed by atoms with Gasteiger partial charge in [0.25, 0.3) is 0 Å². The van der Waals surface area contributed by atoms with Crippen molar-refractivity contribution in [3.8, 4) is 0 Å². The summed E-state index contributed by atoms with van der Waals surface area (Å²) in [7, 11) is 0. The van der Waals surface area contributed by atoms with E-state index in [1.54, 1.807) is 0 Å². The van der Waals surface area contributed by atoms with Gasteiger partial charge in [-0.15, -0.1) is 0 Å². The molecule has 0 aromatic heterocycles. The molecule has 0 aromatic carbocycles. The van der Waals surface area contributed by atoms with Gasteiger partial charge < -0.3 is 10.6 Å². The molecule has 0 aliphatic carbocycles. The first-order chi connectivity index (χ1) is 7.59. The molecule has 16 heavy (non-hydrogen) atoms. The molecular formula is C12H24N2OS. The lowest BCUT2D eigenvalue weighted by atomic mass is 10.1. The van der Waals surface area contributed by atoms with Crippen molar-refractivity contribution in [2.75, 3.05) is 18.8 Å². The number of carbonyl (C=O) groups excluding carboxylic acids is 1. The number of amides is 1. The summed E-state index contributed by atoms with van der Waals surface area (Å²) in [5.74, 6) is 1.89. The molecule has 1 heterocycles. The van der Waals surface area contributed by atoms with Gasteiger partial charge in [0.15, 0.2) is 0 Å². The Bertz CT molecular complexity index is 215. The zero-order chi connectivity index (χ0) is 12.0. The summed E-state index contributed by atoms with van der Waals surface area (Å²) in [5.41, 5.74) is 0. The Kier molecular flexibility index (Phi) is 6.21. The van der Waals surface area contributed by atoms with Gasteiger partial charge in [-0.05, 0) is 31.4 Å². The summed E-state index contributed by atoms with van der Waals surface area (Å²) in [4.78, 5) is 11.6. The number of nitrogens with one attached hydrogen (secondary N) is 2. The van der Waals surface area contributed by atoms with Crippen LogP contribution in [0, 0.1) is 5.92 Å². The van der Waals surface area contributed by atoms with Crippen LogP contribution in [0.25, 0.3) is 0 Å². The van der Waals surface area contributed by atoms with Gasteiger partial charge >= 0.3 is 0 Å². The molecule has 0 spiro atoms. The van der Waals surface area contributed by atoms with E-state index in [9.17, 15) is 4.79 Å². The molecule has 0 bridgehead atoms. The van der Waals surface area contributed by atoms with Crippen LogP contribution >= 0.6 is 11.8 Å². The summed E-state index contributed by atoms with van der Waals surface area (Å²) < 4.78 is 0. The van der Waals surface area contributed by atoms with Crippen LogP contribution in [-0.4, -0.2) is 36.0 Å². The Morgan fingerprint density at radius 1 is 1.44 bits per heavy atom. The molecule has 0 radical (unpaired) electrons. The van der Waals surface area contributed by atoms with E-state index in [0.717, 1.165) is 11.8 Å². The van der Waals surface area contributed by atoms with E-state index < -0.39 is 0 Å². The molecule has 2 N–H and O–H groups in total. The highest BCUT2D eigenvalue weighted by Gasteiger charge is 2.15. The van der Waals surface area contributed by atoms with Crippen LogP contribution in [-0.2, 0) is 4.79 Å². The van der Waals surface area contributed by atoms with E-state index in [-0.39, 0.29) is 11.9 Å². The Morgan fingerprint density at radius 2 is 2.19 bits per heavy atom. The Labute approximate surface area is 103 Å². The van der Waals surface area contributed by atoms with Crippen molar-refractivity contribution in [2.24, 2.45) is 5.92 Å². The Balaban J connectivity index is 2.05. The number of hydrogen-bond acceptors (Lipinski definition) is 3. The number of rotatable bonds is 6. The summed E-state index contributed by atoms with van der Waals surface area (Å²) >= 11 is 2.02. The lowest BCUT2D eigenvalue weighted by Crippen LogP contribution is -2.42. The zero-order valence-electron chi connectivity index (χ0n) is 10.6. The first-order valence-corrected chi connectivity index (χ1v) is 7.26. The highest BCUT2D eigenvalue weighted by atomic mass is 32.2. The minimum absolute atomic E-state index is 0.115. The average Bonchev–Trinajstić information content (AvgIpc) is 2.70. The lowest BCUT2D eigenvalue weighted by molar-refractivity contribution is -0.121. The fraction of sp³-hybridized carbons (Fsp3) is 0.917. The van der Waals surface area contributed by atoms with E-state index in [1.165, 1.54) is 18.6 Å². The van der Waals surface area contributed by atoms with Crippen molar-refractivity contribution in [3.63, 3.8) is 0 Å². The second kappa shape index (κ2) is 7.17. The normalized spacial score (nSPS) is 22.4. The maximum Gasteiger partial charge on any atom is 0.234 e. The third-order valence-electron chi connectivity index (χ3n) is 3.07. The van der Waals surface area contributed by atoms with E-state index >= 15 is 0 Å². The maximum absolute atomic E-state index is 11.6. The molecule has 1 saturated heterocycles. The molecule has 1 fully saturated rings. The molecule has 1 amide bonds.